The molecule has 0 N–H and O–H groups in total. The molecule has 1 fully saturated rings. The molecule has 1 aromatic carbocycles. The average molecular weight is 370 g/mol. The van der Waals surface area contributed by atoms with Crippen molar-refractivity contribution >= 4 is 10.0 Å². The monoisotopic (exact) mass is 369 g/mol. The molecular weight excluding hydrogens is 338 g/mol. The molecule has 0 aromatic heterocycles. The van der Waals surface area contributed by atoms with Crippen LogP contribution in [0.15, 0.2) is 29.2 Å². The molecule has 5 nitrogen and oxygen atoms in total. The molecule has 1 unspecified atom stereocenters. The Bertz CT molecular complexity index is 657. The third-order valence-corrected chi connectivity index (χ3v) is 6.38. The van der Waals surface area contributed by atoms with Crippen molar-refractivity contribution in [3.8, 4) is 0 Å². The highest BCUT2D eigenvalue weighted by molar-refractivity contribution is 7.89. The summed E-state index contributed by atoms with van der Waals surface area (Å²) in [6.45, 7) is 10.5. The van der Waals surface area contributed by atoms with E-state index in [0.29, 0.717) is 29.6 Å². The zero-order chi connectivity index (χ0) is 18.8. The minimum Gasteiger partial charge on any atom is -0.354 e. The quantitative estimate of drug-likeness (QED) is 0.734. The maximum atomic E-state index is 13.4. The van der Waals surface area contributed by atoms with Gasteiger partial charge in [0.15, 0.2) is 6.29 Å². The Labute approximate surface area is 152 Å². The van der Waals surface area contributed by atoms with Crippen molar-refractivity contribution in [2.24, 2.45) is 11.8 Å². The van der Waals surface area contributed by atoms with Gasteiger partial charge in [0, 0.05) is 7.11 Å². The highest BCUT2D eigenvalue weighted by atomic mass is 32.2. The van der Waals surface area contributed by atoms with Gasteiger partial charge in [0.05, 0.1) is 11.4 Å². The number of nitrogens with zero attached hydrogens (tertiary/aromatic N) is 1. The van der Waals surface area contributed by atoms with E-state index in [1.165, 1.54) is 4.31 Å². The first-order valence-corrected chi connectivity index (χ1v) is 10.3. The maximum absolute atomic E-state index is 13.4. The molecule has 2 rings (SSSR count). The van der Waals surface area contributed by atoms with Gasteiger partial charge in [0.25, 0.3) is 0 Å². The Morgan fingerprint density at radius 2 is 1.68 bits per heavy atom. The van der Waals surface area contributed by atoms with Crippen LogP contribution >= 0.6 is 0 Å². The SMILES string of the molecule is COC1CN(S(=O)(=O)c2ccc(C)cc2)C(CC(C)C)(CC(C)C)O1. The van der Waals surface area contributed by atoms with E-state index in [2.05, 4.69) is 27.7 Å². The van der Waals surface area contributed by atoms with Gasteiger partial charge in [-0.15, -0.1) is 0 Å². The zero-order valence-corrected chi connectivity index (χ0v) is 17.0. The summed E-state index contributed by atoms with van der Waals surface area (Å²) in [6, 6.07) is 6.98. The van der Waals surface area contributed by atoms with Gasteiger partial charge in [-0.05, 0) is 43.7 Å². The molecular formula is C19H31NO4S. The smallest absolute Gasteiger partial charge is 0.245 e. The van der Waals surface area contributed by atoms with Crippen molar-refractivity contribution in [2.75, 3.05) is 13.7 Å². The van der Waals surface area contributed by atoms with Crippen molar-refractivity contribution in [2.45, 2.75) is 64.4 Å². The summed E-state index contributed by atoms with van der Waals surface area (Å²) < 4.78 is 39.8. The molecule has 6 heteroatoms. The standard InChI is InChI=1S/C19H31NO4S/c1-14(2)11-19(12-15(3)4)20(13-18(23-6)24-19)25(21,22)17-9-7-16(5)8-10-17/h7-10,14-15,18H,11-13H2,1-6H3. The first-order chi connectivity index (χ1) is 11.6. The fourth-order valence-electron chi connectivity index (χ4n) is 3.58. The van der Waals surface area contributed by atoms with Crippen LogP contribution in [0.3, 0.4) is 0 Å². The van der Waals surface area contributed by atoms with Crippen LogP contribution < -0.4 is 0 Å². The Morgan fingerprint density at radius 1 is 1.16 bits per heavy atom. The van der Waals surface area contributed by atoms with E-state index >= 15 is 0 Å². The number of ether oxygens (including phenoxy) is 2. The second-order valence-corrected chi connectivity index (χ2v) is 9.64. The van der Waals surface area contributed by atoms with E-state index in [1.54, 1.807) is 19.2 Å². The van der Waals surface area contributed by atoms with Gasteiger partial charge >= 0.3 is 0 Å². The van der Waals surface area contributed by atoms with Crippen LogP contribution in [0.1, 0.15) is 46.1 Å². The Kier molecular flexibility index (Phi) is 6.30. The third kappa shape index (κ3) is 4.42. The van der Waals surface area contributed by atoms with Crippen molar-refractivity contribution in [3.63, 3.8) is 0 Å². The van der Waals surface area contributed by atoms with Gasteiger partial charge in [-0.3, -0.25) is 0 Å². The van der Waals surface area contributed by atoms with Crippen molar-refractivity contribution in [1.29, 1.82) is 0 Å². The molecule has 0 saturated carbocycles. The van der Waals surface area contributed by atoms with Crippen LogP contribution in [0.25, 0.3) is 0 Å². The molecule has 0 radical (unpaired) electrons. The van der Waals surface area contributed by atoms with Gasteiger partial charge in [0.1, 0.15) is 5.72 Å². The topological polar surface area (TPSA) is 55.8 Å². The molecule has 1 heterocycles. The number of aryl methyl sites for hydroxylation is 1. The van der Waals surface area contributed by atoms with Crippen molar-refractivity contribution < 1.29 is 17.9 Å². The molecule has 142 valence electrons. The summed E-state index contributed by atoms with van der Waals surface area (Å²) in [4.78, 5) is 0.301. The molecule has 0 bridgehead atoms. The molecule has 0 aliphatic carbocycles. The van der Waals surface area contributed by atoms with Crippen LogP contribution in [-0.2, 0) is 19.5 Å². The van der Waals surface area contributed by atoms with Gasteiger partial charge in [-0.2, -0.15) is 4.31 Å². The van der Waals surface area contributed by atoms with Crippen LogP contribution in [0, 0.1) is 18.8 Å². The molecule has 1 aromatic rings. The van der Waals surface area contributed by atoms with E-state index in [9.17, 15) is 8.42 Å². The Balaban J connectivity index is 2.50. The number of hydrogen-bond acceptors (Lipinski definition) is 4. The van der Waals surface area contributed by atoms with Crippen LogP contribution in [-0.4, -0.2) is 38.4 Å². The number of sulfonamides is 1. The first-order valence-electron chi connectivity index (χ1n) is 8.91. The summed E-state index contributed by atoms with van der Waals surface area (Å²) >= 11 is 0. The summed E-state index contributed by atoms with van der Waals surface area (Å²) in [7, 11) is -2.11. The molecule has 1 aliphatic heterocycles. The lowest BCUT2D eigenvalue weighted by molar-refractivity contribution is -0.176. The van der Waals surface area contributed by atoms with Gasteiger partial charge in [-0.25, -0.2) is 8.42 Å². The van der Waals surface area contributed by atoms with E-state index in [-0.39, 0.29) is 6.54 Å². The van der Waals surface area contributed by atoms with Gasteiger partial charge in [-0.1, -0.05) is 45.4 Å². The second kappa shape index (κ2) is 7.74. The fraction of sp³-hybridized carbons (Fsp3) is 0.684. The van der Waals surface area contributed by atoms with Gasteiger partial charge < -0.3 is 9.47 Å². The number of hydrogen-bond donors (Lipinski definition) is 0. The zero-order valence-electron chi connectivity index (χ0n) is 16.2. The second-order valence-electron chi connectivity index (χ2n) is 7.77. The number of benzene rings is 1. The molecule has 1 aliphatic rings. The minimum absolute atomic E-state index is 0.214. The van der Waals surface area contributed by atoms with E-state index in [4.69, 9.17) is 9.47 Å². The van der Waals surface area contributed by atoms with Gasteiger partial charge in [0.2, 0.25) is 10.0 Å². The highest BCUT2D eigenvalue weighted by Gasteiger charge is 2.53. The summed E-state index contributed by atoms with van der Waals surface area (Å²) in [5.41, 5.74) is 0.161. The predicted molar refractivity (Wildman–Crippen MR) is 98.6 cm³/mol. The summed E-state index contributed by atoms with van der Waals surface area (Å²) in [6.07, 6.45) is 0.726. The van der Waals surface area contributed by atoms with E-state index in [1.807, 2.05) is 19.1 Å². The third-order valence-electron chi connectivity index (χ3n) is 4.45. The lowest BCUT2D eigenvalue weighted by Gasteiger charge is -2.38. The molecule has 1 atom stereocenters. The summed E-state index contributed by atoms with van der Waals surface area (Å²) in [5, 5.41) is 0. The number of methoxy groups -OCH3 is 1. The van der Waals surface area contributed by atoms with Crippen molar-refractivity contribution in [1.82, 2.24) is 4.31 Å². The molecule has 1 saturated heterocycles. The molecule has 25 heavy (non-hydrogen) atoms. The minimum atomic E-state index is -3.67. The van der Waals surface area contributed by atoms with Crippen LogP contribution in [0.2, 0.25) is 0 Å². The molecule has 0 spiro atoms. The van der Waals surface area contributed by atoms with E-state index in [0.717, 1.165) is 5.56 Å². The molecule has 0 amide bonds. The normalized spacial score (nSPS) is 21.4. The van der Waals surface area contributed by atoms with Crippen LogP contribution in [0.4, 0.5) is 0 Å². The lowest BCUT2D eigenvalue weighted by atomic mass is 9.92. The maximum Gasteiger partial charge on any atom is 0.245 e. The first kappa shape index (κ1) is 20.4. The Morgan fingerprint density at radius 3 is 2.12 bits per heavy atom. The Hall–Kier alpha value is -0.950. The van der Waals surface area contributed by atoms with E-state index < -0.39 is 22.0 Å². The fourth-order valence-corrected chi connectivity index (χ4v) is 5.26. The lowest BCUT2D eigenvalue weighted by Crippen LogP contribution is -2.49. The summed E-state index contributed by atoms with van der Waals surface area (Å²) in [5.74, 6) is 0.593. The largest absolute Gasteiger partial charge is 0.354 e. The predicted octanol–water partition coefficient (Wildman–Crippen LogP) is 3.78. The average Bonchev–Trinajstić information content (AvgIpc) is 2.85. The number of rotatable bonds is 7. The van der Waals surface area contributed by atoms with Crippen LogP contribution in [0.5, 0.6) is 0 Å². The highest BCUT2D eigenvalue weighted by Crippen LogP contribution is 2.42. The van der Waals surface area contributed by atoms with Crippen molar-refractivity contribution in [3.05, 3.63) is 29.8 Å².